The van der Waals surface area contributed by atoms with E-state index in [0.29, 0.717) is 37.9 Å². The summed E-state index contributed by atoms with van der Waals surface area (Å²) in [5, 5.41) is 0. The summed E-state index contributed by atoms with van der Waals surface area (Å²) in [6, 6.07) is 5.80. The Bertz CT molecular complexity index is 593. The van der Waals surface area contributed by atoms with Gasteiger partial charge in [0.1, 0.15) is 26.8 Å². The number of ether oxygens (including phenoxy) is 5. The van der Waals surface area contributed by atoms with Crippen molar-refractivity contribution in [3.05, 3.63) is 30.0 Å². The molecule has 0 N–H and O–H groups in total. The van der Waals surface area contributed by atoms with E-state index < -0.39 is 0 Å². The third kappa shape index (κ3) is 6.57. The first kappa shape index (κ1) is 21.3. The van der Waals surface area contributed by atoms with Crippen molar-refractivity contribution in [2.24, 2.45) is 0 Å². The van der Waals surface area contributed by atoms with Crippen molar-refractivity contribution < 1.29 is 40.7 Å². The molecular formula is C18H26ClNO5. The minimum absolute atomic E-state index is 0. The van der Waals surface area contributed by atoms with E-state index in [0.717, 1.165) is 11.1 Å². The van der Waals surface area contributed by atoms with Gasteiger partial charge in [-0.3, -0.25) is 0 Å². The van der Waals surface area contributed by atoms with E-state index in [2.05, 4.69) is 0 Å². The van der Waals surface area contributed by atoms with Gasteiger partial charge in [-0.05, 0) is 17.7 Å². The fraction of sp³-hybridized carbons (Fsp3) is 0.500. The third-order valence-corrected chi connectivity index (χ3v) is 3.45. The van der Waals surface area contributed by atoms with Gasteiger partial charge < -0.3 is 36.1 Å². The molecule has 1 aliphatic heterocycles. The van der Waals surface area contributed by atoms with Crippen LogP contribution in [0.3, 0.4) is 0 Å². The molecule has 1 saturated heterocycles. The first-order chi connectivity index (χ1) is 11.6. The van der Waals surface area contributed by atoms with Crippen molar-refractivity contribution in [1.82, 2.24) is 0 Å². The highest BCUT2D eigenvalue weighted by Gasteiger charge is 2.17. The topological polar surface area (TPSA) is 49.2 Å². The largest absolute Gasteiger partial charge is 1.00 e. The number of nitrogens with zero attached hydrogens (tertiary/aromatic N) is 1. The van der Waals surface area contributed by atoms with Gasteiger partial charge in [-0.25, -0.2) is 4.58 Å². The maximum atomic E-state index is 5.84. The molecule has 0 bridgehead atoms. The number of halogens is 1. The van der Waals surface area contributed by atoms with Crippen molar-refractivity contribution in [1.29, 1.82) is 0 Å². The van der Waals surface area contributed by atoms with Gasteiger partial charge in [0, 0.05) is 0 Å². The van der Waals surface area contributed by atoms with Crippen molar-refractivity contribution >= 4 is 11.8 Å². The second-order valence-corrected chi connectivity index (χ2v) is 5.65. The fourth-order valence-corrected chi connectivity index (χ4v) is 2.36. The number of hydrogen-bond acceptors (Lipinski definition) is 5. The van der Waals surface area contributed by atoms with Crippen LogP contribution in [0.1, 0.15) is 5.56 Å². The first-order valence-electron chi connectivity index (χ1n) is 7.89. The normalized spacial score (nSPS) is 17.3. The quantitative estimate of drug-likeness (QED) is 0.343. The summed E-state index contributed by atoms with van der Waals surface area (Å²) in [5.74, 6) is 1.34. The Morgan fingerprint density at radius 3 is 2.64 bits per heavy atom. The molecule has 7 heteroatoms. The fourth-order valence-electron chi connectivity index (χ4n) is 2.36. The summed E-state index contributed by atoms with van der Waals surface area (Å²) >= 11 is 0. The van der Waals surface area contributed by atoms with Crippen molar-refractivity contribution in [2.45, 2.75) is 6.10 Å². The Kier molecular flexibility index (Phi) is 9.34. The van der Waals surface area contributed by atoms with Gasteiger partial charge in [-0.2, -0.15) is 0 Å². The molecule has 1 aromatic rings. The van der Waals surface area contributed by atoms with E-state index in [1.165, 1.54) is 0 Å². The number of rotatable bonds is 7. The van der Waals surface area contributed by atoms with Crippen LogP contribution in [0.4, 0.5) is 0 Å². The van der Waals surface area contributed by atoms with Crippen molar-refractivity contribution in [3.8, 4) is 11.5 Å². The van der Waals surface area contributed by atoms with Crippen LogP contribution in [0.5, 0.6) is 11.5 Å². The van der Waals surface area contributed by atoms with Crippen molar-refractivity contribution in [3.63, 3.8) is 0 Å². The molecule has 0 spiro atoms. The highest BCUT2D eigenvalue weighted by atomic mass is 35.5. The Balaban J connectivity index is 0.00000312. The Hall–Kier alpha value is -1.76. The molecule has 140 valence electrons. The maximum Gasteiger partial charge on any atom is 0.173 e. The highest BCUT2D eigenvalue weighted by Crippen LogP contribution is 2.30. The summed E-state index contributed by atoms with van der Waals surface area (Å²) in [6.07, 6.45) is 3.63. The third-order valence-electron chi connectivity index (χ3n) is 3.45. The first-order valence-corrected chi connectivity index (χ1v) is 7.89. The molecule has 6 nitrogen and oxygen atoms in total. The lowest BCUT2D eigenvalue weighted by Crippen LogP contribution is -3.00. The number of hydrogen-bond donors (Lipinski definition) is 0. The second-order valence-electron chi connectivity index (χ2n) is 5.65. The van der Waals surface area contributed by atoms with Gasteiger partial charge in [0.15, 0.2) is 17.7 Å². The SMILES string of the molecule is COC=C(C=[N+](C)C)c1ccc(OC[C@H]2COCCO2)c(OC)c1.[Cl-]. The van der Waals surface area contributed by atoms with E-state index in [-0.39, 0.29) is 18.5 Å². The minimum atomic E-state index is -0.0471. The molecule has 1 heterocycles. The number of allylic oxidation sites excluding steroid dienone is 1. The molecule has 1 atom stereocenters. The zero-order valence-electron chi connectivity index (χ0n) is 15.2. The highest BCUT2D eigenvalue weighted by molar-refractivity contribution is 6.07. The number of methoxy groups -OCH3 is 2. The van der Waals surface area contributed by atoms with Crippen LogP contribution >= 0.6 is 0 Å². The van der Waals surface area contributed by atoms with Crippen LogP contribution in [-0.2, 0) is 14.2 Å². The second kappa shape index (κ2) is 11.0. The summed E-state index contributed by atoms with van der Waals surface area (Å²) in [7, 11) is 7.18. The average molecular weight is 372 g/mol. The lowest BCUT2D eigenvalue weighted by molar-refractivity contribution is -0.458. The van der Waals surface area contributed by atoms with Gasteiger partial charge in [0.05, 0.1) is 45.9 Å². The van der Waals surface area contributed by atoms with Gasteiger partial charge >= 0.3 is 0 Å². The monoisotopic (exact) mass is 371 g/mol. The predicted molar refractivity (Wildman–Crippen MR) is 92.2 cm³/mol. The summed E-state index contributed by atoms with van der Waals surface area (Å²) in [4.78, 5) is 0. The van der Waals surface area contributed by atoms with E-state index >= 15 is 0 Å². The Morgan fingerprint density at radius 1 is 1.24 bits per heavy atom. The van der Waals surface area contributed by atoms with Gasteiger partial charge in [0.25, 0.3) is 0 Å². The predicted octanol–water partition coefficient (Wildman–Crippen LogP) is -1.18. The summed E-state index contributed by atoms with van der Waals surface area (Å²) in [6.45, 7) is 2.24. The molecule has 1 aromatic carbocycles. The molecule has 0 radical (unpaired) electrons. The average Bonchev–Trinajstić information content (AvgIpc) is 2.60. The van der Waals surface area contributed by atoms with Gasteiger partial charge in [-0.15, -0.1) is 0 Å². The molecule has 0 amide bonds. The summed E-state index contributed by atoms with van der Waals surface area (Å²) in [5.41, 5.74) is 1.92. The molecule has 25 heavy (non-hydrogen) atoms. The molecule has 1 aliphatic rings. The van der Waals surface area contributed by atoms with E-state index in [4.69, 9.17) is 23.7 Å². The van der Waals surface area contributed by atoms with Gasteiger partial charge in [0.2, 0.25) is 0 Å². The molecule has 0 aromatic heterocycles. The van der Waals surface area contributed by atoms with Crippen LogP contribution in [0.15, 0.2) is 24.5 Å². The zero-order chi connectivity index (χ0) is 17.4. The van der Waals surface area contributed by atoms with E-state index in [9.17, 15) is 0 Å². The molecule has 0 saturated carbocycles. The summed E-state index contributed by atoms with van der Waals surface area (Å²) < 4.78 is 29.4. The number of benzene rings is 1. The molecular weight excluding hydrogens is 346 g/mol. The molecule has 0 unspecified atom stereocenters. The van der Waals surface area contributed by atoms with Crippen LogP contribution in [0.2, 0.25) is 0 Å². The molecule has 0 aliphatic carbocycles. The van der Waals surface area contributed by atoms with E-state index in [1.54, 1.807) is 20.5 Å². The van der Waals surface area contributed by atoms with Crippen molar-refractivity contribution in [2.75, 3.05) is 54.7 Å². The Morgan fingerprint density at radius 2 is 2.04 bits per heavy atom. The van der Waals surface area contributed by atoms with Crippen LogP contribution < -0.4 is 21.9 Å². The van der Waals surface area contributed by atoms with Crippen LogP contribution in [0, 0.1) is 0 Å². The van der Waals surface area contributed by atoms with Crippen LogP contribution in [-0.4, -0.2) is 71.6 Å². The lowest BCUT2D eigenvalue weighted by atomic mass is 10.1. The lowest BCUT2D eigenvalue weighted by Gasteiger charge is -2.23. The zero-order valence-corrected chi connectivity index (χ0v) is 15.9. The van der Waals surface area contributed by atoms with Gasteiger partial charge in [-0.1, -0.05) is 6.07 Å². The standard InChI is InChI=1S/C18H26NO5.ClH/c1-19(2)10-15(11-20-3)14-5-6-17(18(9-14)21-4)24-13-16-12-22-7-8-23-16;/h5-6,9-11,16H,7-8,12-13H2,1-4H3;1H/q+1;/p-1/t16-;/m1./s1. The smallest absolute Gasteiger partial charge is 0.173 e. The Labute approximate surface area is 155 Å². The molecule has 1 fully saturated rings. The molecule has 2 rings (SSSR count). The van der Waals surface area contributed by atoms with E-state index in [1.807, 2.05) is 43.1 Å². The minimum Gasteiger partial charge on any atom is -1.00 e. The van der Waals surface area contributed by atoms with Crippen LogP contribution in [0.25, 0.3) is 5.57 Å². The maximum absolute atomic E-state index is 5.84.